The van der Waals surface area contributed by atoms with Gasteiger partial charge in [0.15, 0.2) is 0 Å². The van der Waals surface area contributed by atoms with Crippen LogP contribution < -0.4 is 5.32 Å². The van der Waals surface area contributed by atoms with Crippen LogP contribution in [0.25, 0.3) is 0 Å². The highest BCUT2D eigenvalue weighted by atomic mass is 32.1. The Hall–Kier alpha value is -1.40. The molecule has 2 amide bonds. The summed E-state index contributed by atoms with van der Waals surface area (Å²) in [6, 6.07) is 1.47. The molecule has 1 aliphatic heterocycles. The van der Waals surface area contributed by atoms with Gasteiger partial charge in [0.25, 0.3) is 0 Å². The van der Waals surface area contributed by atoms with E-state index in [9.17, 15) is 14.7 Å². The third kappa shape index (κ3) is 4.04. The lowest BCUT2D eigenvalue weighted by Crippen LogP contribution is -2.46. The maximum atomic E-state index is 12.2. The second-order valence-corrected chi connectivity index (χ2v) is 6.09. The Bertz CT molecular complexity index is 475. The summed E-state index contributed by atoms with van der Waals surface area (Å²) in [6.07, 6.45) is 2.15. The van der Waals surface area contributed by atoms with E-state index in [2.05, 4.69) is 5.32 Å². The maximum absolute atomic E-state index is 12.2. The van der Waals surface area contributed by atoms with Crippen molar-refractivity contribution in [2.75, 3.05) is 13.1 Å². The summed E-state index contributed by atoms with van der Waals surface area (Å²) in [4.78, 5) is 25.9. The molecule has 0 bridgehead atoms. The number of likely N-dealkylation sites (tertiary alicyclic amines) is 1. The van der Waals surface area contributed by atoms with E-state index in [1.165, 1.54) is 11.3 Å². The quantitative estimate of drug-likeness (QED) is 0.840. The topological polar surface area (TPSA) is 69.6 Å². The second-order valence-electron chi connectivity index (χ2n) is 5.31. The zero-order valence-corrected chi connectivity index (χ0v) is 13.1. The van der Waals surface area contributed by atoms with Gasteiger partial charge in [0.1, 0.15) is 6.04 Å². The van der Waals surface area contributed by atoms with Crippen molar-refractivity contribution in [1.82, 2.24) is 10.2 Å². The number of aliphatic hydroxyl groups is 1. The molecule has 0 radical (unpaired) electrons. The first-order chi connectivity index (χ1) is 10.1. The molecular weight excluding hydrogens is 288 g/mol. The lowest BCUT2D eigenvalue weighted by atomic mass is 10.1. The number of carbonyl (C=O) groups excluding carboxylic acids is 2. The monoisotopic (exact) mass is 310 g/mol. The van der Waals surface area contributed by atoms with Crippen molar-refractivity contribution in [3.05, 3.63) is 22.4 Å². The number of hydrogen-bond acceptors (Lipinski definition) is 4. The average molecular weight is 310 g/mol. The van der Waals surface area contributed by atoms with Crippen LogP contribution in [0.3, 0.4) is 0 Å². The van der Waals surface area contributed by atoms with Crippen molar-refractivity contribution in [1.29, 1.82) is 0 Å². The van der Waals surface area contributed by atoms with E-state index in [-0.39, 0.29) is 24.4 Å². The summed E-state index contributed by atoms with van der Waals surface area (Å²) in [5, 5.41) is 16.5. The molecule has 6 heteroatoms. The molecule has 116 valence electrons. The van der Waals surface area contributed by atoms with Gasteiger partial charge in [-0.2, -0.15) is 11.3 Å². The molecule has 0 saturated carbocycles. The molecule has 1 fully saturated rings. The summed E-state index contributed by atoms with van der Waals surface area (Å²) in [5.41, 5.74) is 0.811. The van der Waals surface area contributed by atoms with Crippen molar-refractivity contribution in [2.45, 2.75) is 44.8 Å². The van der Waals surface area contributed by atoms with Gasteiger partial charge in [-0.3, -0.25) is 9.59 Å². The summed E-state index contributed by atoms with van der Waals surface area (Å²) in [6.45, 7) is 2.80. The molecule has 21 heavy (non-hydrogen) atoms. The van der Waals surface area contributed by atoms with Crippen LogP contribution in [-0.2, 0) is 9.59 Å². The Kier molecular flexibility index (Phi) is 5.76. The smallest absolute Gasteiger partial charge is 0.242 e. The van der Waals surface area contributed by atoms with E-state index in [1.54, 1.807) is 4.90 Å². The summed E-state index contributed by atoms with van der Waals surface area (Å²) in [5.74, 6) is -0.111. The van der Waals surface area contributed by atoms with E-state index in [1.807, 2.05) is 23.8 Å². The Balaban J connectivity index is 1.86. The van der Waals surface area contributed by atoms with E-state index in [0.29, 0.717) is 19.4 Å². The molecule has 5 nitrogen and oxygen atoms in total. The number of nitrogens with zero attached hydrogens (tertiary/aromatic N) is 1. The lowest BCUT2D eigenvalue weighted by Gasteiger charge is -2.24. The number of amides is 2. The zero-order valence-electron chi connectivity index (χ0n) is 12.2. The number of rotatable bonds is 6. The molecule has 0 spiro atoms. The Morgan fingerprint density at radius 1 is 1.57 bits per heavy atom. The lowest BCUT2D eigenvalue weighted by molar-refractivity contribution is -0.138. The number of nitrogens with one attached hydrogen (secondary N) is 1. The van der Waals surface area contributed by atoms with Crippen molar-refractivity contribution < 1.29 is 14.7 Å². The van der Waals surface area contributed by atoms with Crippen LogP contribution in [0.15, 0.2) is 16.8 Å². The first-order valence-corrected chi connectivity index (χ1v) is 8.35. The molecule has 1 aromatic rings. The molecule has 2 rings (SSSR count). The minimum atomic E-state index is -0.693. The molecule has 0 unspecified atom stereocenters. The second kappa shape index (κ2) is 7.56. The highest BCUT2D eigenvalue weighted by molar-refractivity contribution is 7.07. The fourth-order valence-electron chi connectivity index (χ4n) is 2.59. The van der Waals surface area contributed by atoms with Gasteiger partial charge in [-0.15, -0.1) is 0 Å². The molecular formula is C15H22N2O3S. The summed E-state index contributed by atoms with van der Waals surface area (Å²) >= 11 is 1.51. The molecule has 2 N–H and O–H groups in total. The van der Waals surface area contributed by atoms with Crippen LogP contribution >= 0.6 is 11.3 Å². The van der Waals surface area contributed by atoms with E-state index < -0.39 is 6.10 Å². The first kappa shape index (κ1) is 16.0. The number of aliphatic hydroxyl groups excluding tert-OH is 1. The predicted molar refractivity (Wildman–Crippen MR) is 81.9 cm³/mol. The molecule has 1 aromatic heterocycles. The normalized spacial score (nSPS) is 19.5. The number of carbonyl (C=O) groups is 2. The number of hydrogen-bond donors (Lipinski definition) is 2. The minimum Gasteiger partial charge on any atom is -0.387 e. The van der Waals surface area contributed by atoms with Crippen molar-refractivity contribution in [2.24, 2.45) is 0 Å². The standard InChI is InChI=1S/C15H22N2O3S/c1-2-4-14(19)17-7-3-5-12(17)15(20)16-9-13(18)11-6-8-21-10-11/h6,8,10,12-13,18H,2-5,7,9H2,1H3,(H,16,20)/t12-,13+/m0/s1. The molecule has 1 aliphatic rings. The van der Waals surface area contributed by atoms with Crippen molar-refractivity contribution in [3.8, 4) is 0 Å². The highest BCUT2D eigenvalue weighted by Gasteiger charge is 2.33. The van der Waals surface area contributed by atoms with Gasteiger partial charge >= 0.3 is 0 Å². The Morgan fingerprint density at radius 3 is 3.05 bits per heavy atom. The van der Waals surface area contributed by atoms with E-state index in [0.717, 1.165) is 18.4 Å². The van der Waals surface area contributed by atoms with Gasteiger partial charge < -0.3 is 15.3 Å². The molecule has 0 aromatic carbocycles. The van der Waals surface area contributed by atoms with Crippen LogP contribution in [0.4, 0.5) is 0 Å². The fourth-order valence-corrected chi connectivity index (χ4v) is 3.30. The van der Waals surface area contributed by atoms with Gasteiger partial charge in [-0.1, -0.05) is 6.92 Å². The third-order valence-electron chi connectivity index (χ3n) is 3.74. The third-order valence-corrected chi connectivity index (χ3v) is 4.44. The van der Waals surface area contributed by atoms with Crippen molar-refractivity contribution >= 4 is 23.2 Å². The minimum absolute atomic E-state index is 0.0496. The first-order valence-electron chi connectivity index (χ1n) is 7.40. The van der Waals surface area contributed by atoms with E-state index in [4.69, 9.17) is 0 Å². The largest absolute Gasteiger partial charge is 0.387 e. The van der Waals surface area contributed by atoms with Crippen molar-refractivity contribution in [3.63, 3.8) is 0 Å². The van der Waals surface area contributed by atoms with E-state index >= 15 is 0 Å². The Labute approximate surface area is 129 Å². The van der Waals surface area contributed by atoms with Gasteiger partial charge in [0, 0.05) is 19.5 Å². The van der Waals surface area contributed by atoms with Crippen LogP contribution in [0.1, 0.15) is 44.3 Å². The van der Waals surface area contributed by atoms with Crippen LogP contribution in [0.5, 0.6) is 0 Å². The predicted octanol–water partition coefficient (Wildman–Crippen LogP) is 1.69. The molecule has 0 aliphatic carbocycles. The van der Waals surface area contributed by atoms with Crippen LogP contribution in [-0.4, -0.2) is 41.0 Å². The van der Waals surface area contributed by atoms with Crippen LogP contribution in [0.2, 0.25) is 0 Å². The van der Waals surface area contributed by atoms with Gasteiger partial charge in [0.05, 0.1) is 6.10 Å². The number of thiophene rings is 1. The average Bonchev–Trinajstić information content (AvgIpc) is 3.14. The SMILES string of the molecule is CCCC(=O)N1CCC[C@H]1C(=O)NC[C@@H](O)c1ccsc1. The molecule has 2 atom stereocenters. The van der Waals surface area contributed by atoms with Gasteiger partial charge in [-0.25, -0.2) is 0 Å². The Morgan fingerprint density at radius 2 is 2.38 bits per heavy atom. The summed E-state index contributed by atoms with van der Waals surface area (Å²) < 4.78 is 0. The maximum Gasteiger partial charge on any atom is 0.242 e. The molecule has 2 heterocycles. The molecule has 1 saturated heterocycles. The summed E-state index contributed by atoms with van der Waals surface area (Å²) in [7, 11) is 0. The fraction of sp³-hybridized carbons (Fsp3) is 0.600. The van der Waals surface area contributed by atoms with Crippen LogP contribution in [0, 0.1) is 0 Å². The van der Waals surface area contributed by atoms with Gasteiger partial charge in [-0.05, 0) is 41.7 Å². The zero-order chi connectivity index (χ0) is 15.2. The highest BCUT2D eigenvalue weighted by Crippen LogP contribution is 2.20. The van der Waals surface area contributed by atoms with Gasteiger partial charge in [0.2, 0.25) is 11.8 Å².